The molecule has 0 spiro atoms. The van der Waals surface area contributed by atoms with Gasteiger partial charge in [-0.05, 0) is 46.0 Å². The Bertz CT molecular complexity index is 778. The fraction of sp³-hybridized carbons (Fsp3) is 0.652. The minimum atomic E-state index is -0.318. The first-order valence-electron chi connectivity index (χ1n) is 11.1. The number of fused-ring (bicyclic) bond motifs is 1. The van der Waals surface area contributed by atoms with E-state index < -0.39 is 0 Å². The van der Waals surface area contributed by atoms with Gasteiger partial charge in [0, 0.05) is 38.1 Å². The fourth-order valence-electron chi connectivity index (χ4n) is 4.11. The molecule has 1 saturated heterocycles. The van der Waals surface area contributed by atoms with Crippen molar-refractivity contribution in [2.45, 2.75) is 38.8 Å². The molecule has 1 fully saturated rings. The molecule has 2 aliphatic rings. The van der Waals surface area contributed by atoms with Crippen LogP contribution >= 0.6 is 0 Å². The fourth-order valence-corrected chi connectivity index (χ4v) is 4.11. The van der Waals surface area contributed by atoms with E-state index in [1.165, 1.54) is 0 Å². The molecule has 8 heteroatoms. The molecule has 2 heterocycles. The van der Waals surface area contributed by atoms with Crippen LogP contribution in [0.25, 0.3) is 0 Å². The van der Waals surface area contributed by atoms with Crippen molar-refractivity contribution >= 4 is 17.5 Å². The number of likely N-dealkylation sites (N-methyl/N-ethyl adjacent to an activating group) is 1. The van der Waals surface area contributed by atoms with Crippen LogP contribution in [0.3, 0.4) is 0 Å². The molecule has 31 heavy (non-hydrogen) atoms. The molecule has 1 aromatic carbocycles. The minimum absolute atomic E-state index is 0.0350. The zero-order chi connectivity index (χ0) is 22.5. The van der Waals surface area contributed by atoms with Gasteiger partial charge in [-0.15, -0.1) is 0 Å². The lowest BCUT2D eigenvalue weighted by Crippen LogP contribution is -2.49. The molecule has 172 valence electrons. The summed E-state index contributed by atoms with van der Waals surface area (Å²) in [5, 5.41) is 12.7. The Morgan fingerprint density at radius 2 is 2.03 bits per heavy atom. The third kappa shape index (κ3) is 5.56. The van der Waals surface area contributed by atoms with Crippen LogP contribution in [0.2, 0.25) is 0 Å². The van der Waals surface area contributed by atoms with Crippen molar-refractivity contribution < 1.29 is 24.2 Å². The third-order valence-corrected chi connectivity index (χ3v) is 6.09. The van der Waals surface area contributed by atoms with Crippen molar-refractivity contribution in [1.82, 2.24) is 9.80 Å². The van der Waals surface area contributed by atoms with Gasteiger partial charge in [0.2, 0.25) is 5.91 Å². The van der Waals surface area contributed by atoms with Crippen molar-refractivity contribution in [1.29, 1.82) is 0 Å². The van der Waals surface area contributed by atoms with Gasteiger partial charge in [-0.1, -0.05) is 13.0 Å². The van der Waals surface area contributed by atoms with E-state index in [1.807, 2.05) is 32.8 Å². The van der Waals surface area contributed by atoms with E-state index in [9.17, 15) is 14.7 Å². The Kier molecular flexibility index (Phi) is 7.91. The average Bonchev–Trinajstić information content (AvgIpc) is 2.76. The highest BCUT2D eigenvalue weighted by molar-refractivity contribution is 6.02. The van der Waals surface area contributed by atoms with Gasteiger partial charge in [0.05, 0.1) is 23.9 Å². The van der Waals surface area contributed by atoms with E-state index in [4.69, 9.17) is 9.47 Å². The van der Waals surface area contributed by atoms with Gasteiger partial charge in [-0.25, -0.2) is 0 Å². The summed E-state index contributed by atoms with van der Waals surface area (Å²) in [6.45, 7) is 6.08. The van der Waals surface area contributed by atoms with Crippen LogP contribution in [-0.4, -0.2) is 85.9 Å². The maximum atomic E-state index is 13.4. The summed E-state index contributed by atoms with van der Waals surface area (Å²) in [6, 6.07) is 4.94. The second kappa shape index (κ2) is 10.4. The van der Waals surface area contributed by atoms with Crippen LogP contribution in [0.5, 0.6) is 5.75 Å². The second-order valence-corrected chi connectivity index (χ2v) is 8.94. The number of amides is 2. The first-order chi connectivity index (χ1) is 14.8. The molecule has 1 aromatic rings. The summed E-state index contributed by atoms with van der Waals surface area (Å²) in [6.07, 6.45) is 1.18. The number of para-hydroxylation sites is 1. The first-order valence-corrected chi connectivity index (χ1v) is 11.1. The highest BCUT2D eigenvalue weighted by Crippen LogP contribution is 2.35. The molecule has 0 radical (unpaired) electrons. The number of aliphatic hydroxyl groups excluding tert-OH is 1. The minimum Gasteiger partial charge on any atom is -0.486 e. The summed E-state index contributed by atoms with van der Waals surface area (Å²) < 4.78 is 11.8. The second-order valence-electron chi connectivity index (χ2n) is 8.94. The Labute approximate surface area is 184 Å². The van der Waals surface area contributed by atoms with Crippen LogP contribution in [0.1, 0.15) is 37.0 Å². The largest absolute Gasteiger partial charge is 0.486 e. The standard InChI is InChI=1S/C23H35N3O5/c1-15-12-26(16(2)14-27)23(29)18-6-5-7-19(21(18)31-20(15)13-25(3)4)24-22(28)17-8-10-30-11-9-17/h5-7,15-17,20,27H,8-14H2,1-4H3,(H,24,28)/t15-,16+,20-/m0/s1. The normalized spacial score (nSPS) is 23.5. The monoisotopic (exact) mass is 433 g/mol. The first kappa shape index (κ1) is 23.5. The van der Waals surface area contributed by atoms with Crippen LogP contribution in [0.4, 0.5) is 5.69 Å². The summed E-state index contributed by atoms with van der Waals surface area (Å²) in [5.41, 5.74) is 0.914. The Hall–Kier alpha value is -2.16. The summed E-state index contributed by atoms with van der Waals surface area (Å²) in [7, 11) is 3.96. The number of benzene rings is 1. The highest BCUT2D eigenvalue weighted by Gasteiger charge is 2.34. The summed E-state index contributed by atoms with van der Waals surface area (Å²) >= 11 is 0. The number of carbonyl (C=O) groups is 2. The molecular weight excluding hydrogens is 398 g/mol. The molecular formula is C23H35N3O5. The predicted molar refractivity (Wildman–Crippen MR) is 118 cm³/mol. The SMILES string of the molecule is C[C@H](CO)N1C[C@H](C)[C@H](CN(C)C)Oc2c(NC(=O)C3CCOCC3)cccc2C1=O. The number of ether oxygens (including phenoxy) is 2. The van der Waals surface area contributed by atoms with Crippen molar-refractivity contribution in [2.75, 3.05) is 52.3 Å². The lowest BCUT2D eigenvalue weighted by Gasteiger charge is -2.38. The van der Waals surface area contributed by atoms with E-state index in [1.54, 1.807) is 23.1 Å². The van der Waals surface area contributed by atoms with Crippen molar-refractivity contribution in [3.05, 3.63) is 23.8 Å². The zero-order valence-electron chi connectivity index (χ0n) is 19.0. The summed E-state index contributed by atoms with van der Waals surface area (Å²) in [4.78, 5) is 30.0. The molecule has 2 N–H and O–H groups in total. The smallest absolute Gasteiger partial charge is 0.258 e. The van der Waals surface area contributed by atoms with E-state index in [2.05, 4.69) is 5.32 Å². The topological polar surface area (TPSA) is 91.3 Å². The molecule has 8 nitrogen and oxygen atoms in total. The van der Waals surface area contributed by atoms with Gasteiger partial charge in [0.25, 0.3) is 5.91 Å². The van der Waals surface area contributed by atoms with Crippen molar-refractivity contribution in [3.8, 4) is 5.75 Å². The van der Waals surface area contributed by atoms with Gasteiger partial charge in [0.15, 0.2) is 5.75 Å². The van der Waals surface area contributed by atoms with Crippen molar-refractivity contribution in [2.24, 2.45) is 11.8 Å². The number of nitrogens with one attached hydrogen (secondary N) is 1. The molecule has 0 unspecified atom stereocenters. The van der Waals surface area contributed by atoms with Gasteiger partial charge >= 0.3 is 0 Å². The number of anilines is 1. The number of carbonyl (C=O) groups excluding carboxylic acids is 2. The Balaban J connectivity index is 1.97. The van der Waals surface area contributed by atoms with Crippen molar-refractivity contribution in [3.63, 3.8) is 0 Å². The number of aliphatic hydroxyl groups is 1. The van der Waals surface area contributed by atoms with E-state index in [0.29, 0.717) is 56.1 Å². The number of rotatable bonds is 6. The molecule has 0 bridgehead atoms. The van der Waals surface area contributed by atoms with Crippen LogP contribution in [0.15, 0.2) is 18.2 Å². The molecule has 0 aliphatic carbocycles. The molecule has 3 rings (SSSR count). The number of nitrogens with zero attached hydrogens (tertiary/aromatic N) is 2. The van der Waals surface area contributed by atoms with E-state index in [0.717, 1.165) is 0 Å². The highest BCUT2D eigenvalue weighted by atomic mass is 16.5. The van der Waals surface area contributed by atoms with Gasteiger partial charge in [-0.3, -0.25) is 9.59 Å². The molecule has 0 aromatic heterocycles. The lowest BCUT2D eigenvalue weighted by atomic mass is 9.98. The zero-order valence-corrected chi connectivity index (χ0v) is 19.0. The quantitative estimate of drug-likeness (QED) is 0.711. The maximum Gasteiger partial charge on any atom is 0.258 e. The average molecular weight is 434 g/mol. The van der Waals surface area contributed by atoms with Crippen LogP contribution in [0, 0.1) is 11.8 Å². The van der Waals surface area contributed by atoms with E-state index >= 15 is 0 Å². The predicted octanol–water partition coefficient (Wildman–Crippen LogP) is 1.83. The maximum absolute atomic E-state index is 13.4. The third-order valence-electron chi connectivity index (χ3n) is 6.09. The van der Waals surface area contributed by atoms with Gasteiger partial charge < -0.3 is 29.7 Å². The van der Waals surface area contributed by atoms with E-state index in [-0.39, 0.29) is 42.4 Å². The molecule has 2 amide bonds. The lowest BCUT2D eigenvalue weighted by molar-refractivity contribution is -0.122. The summed E-state index contributed by atoms with van der Waals surface area (Å²) in [5.74, 6) is 0.0481. The van der Waals surface area contributed by atoms with Gasteiger partial charge in [0.1, 0.15) is 6.10 Å². The van der Waals surface area contributed by atoms with Crippen LogP contribution < -0.4 is 10.1 Å². The van der Waals surface area contributed by atoms with Crippen LogP contribution in [-0.2, 0) is 9.53 Å². The molecule has 0 saturated carbocycles. The Morgan fingerprint density at radius 3 is 2.68 bits per heavy atom. The molecule has 3 atom stereocenters. The van der Waals surface area contributed by atoms with Gasteiger partial charge in [-0.2, -0.15) is 0 Å². The Morgan fingerprint density at radius 1 is 1.32 bits per heavy atom. The number of hydrogen-bond donors (Lipinski definition) is 2. The number of hydrogen-bond acceptors (Lipinski definition) is 6. The molecule has 2 aliphatic heterocycles.